The van der Waals surface area contributed by atoms with Crippen LogP contribution in [0.1, 0.15) is 15.9 Å². The molecule has 0 aliphatic heterocycles. The van der Waals surface area contributed by atoms with Crippen molar-refractivity contribution in [1.29, 1.82) is 0 Å². The van der Waals surface area contributed by atoms with Gasteiger partial charge in [-0.3, -0.25) is 4.21 Å². The Morgan fingerprint density at radius 1 is 1.24 bits per heavy atom. The highest BCUT2D eigenvalue weighted by Crippen LogP contribution is 2.18. The van der Waals surface area contributed by atoms with Crippen molar-refractivity contribution in [3.05, 3.63) is 59.4 Å². The summed E-state index contributed by atoms with van der Waals surface area (Å²) in [6.45, 7) is 0. The maximum atomic E-state index is 13.3. The first-order chi connectivity index (χ1) is 10.0. The fraction of sp³-hybridized carbons (Fsp3) is 0.133. The van der Waals surface area contributed by atoms with Crippen LogP contribution >= 0.6 is 0 Å². The van der Waals surface area contributed by atoms with Gasteiger partial charge in [0.25, 0.3) is 0 Å². The summed E-state index contributed by atoms with van der Waals surface area (Å²) in [7, 11) is 0.106. The van der Waals surface area contributed by atoms with Gasteiger partial charge < -0.3 is 9.84 Å². The fourth-order valence-electron chi connectivity index (χ4n) is 1.77. The van der Waals surface area contributed by atoms with Gasteiger partial charge in [0.1, 0.15) is 11.6 Å². The van der Waals surface area contributed by atoms with E-state index in [-0.39, 0.29) is 10.6 Å². The van der Waals surface area contributed by atoms with Crippen molar-refractivity contribution in [1.82, 2.24) is 0 Å². The number of aromatic carboxylic acids is 1. The monoisotopic (exact) mass is 308 g/mol. The predicted molar refractivity (Wildman–Crippen MR) is 76.5 cm³/mol. The van der Waals surface area contributed by atoms with Crippen LogP contribution in [-0.2, 0) is 16.6 Å². The average molecular weight is 308 g/mol. The van der Waals surface area contributed by atoms with Gasteiger partial charge in [-0.25, -0.2) is 9.18 Å². The molecule has 2 rings (SSSR count). The summed E-state index contributed by atoms with van der Waals surface area (Å²) in [5, 5.41) is 8.87. The summed E-state index contributed by atoms with van der Waals surface area (Å²) in [4.78, 5) is 11.2. The summed E-state index contributed by atoms with van der Waals surface area (Å²) in [6.07, 6.45) is 0. The largest absolute Gasteiger partial charge is 0.497 e. The van der Waals surface area contributed by atoms with Crippen molar-refractivity contribution < 1.29 is 23.2 Å². The molecule has 0 aromatic heterocycles. The zero-order chi connectivity index (χ0) is 15.4. The van der Waals surface area contributed by atoms with Crippen molar-refractivity contribution in [2.75, 3.05) is 7.11 Å². The first-order valence-electron chi connectivity index (χ1n) is 6.05. The molecular weight excluding hydrogens is 295 g/mol. The number of carboxylic acid groups (broad SMARTS) is 1. The number of carboxylic acids is 1. The van der Waals surface area contributed by atoms with Crippen molar-refractivity contribution >= 4 is 16.8 Å². The van der Waals surface area contributed by atoms with Crippen LogP contribution in [0.4, 0.5) is 4.39 Å². The van der Waals surface area contributed by atoms with Gasteiger partial charge in [-0.2, -0.15) is 0 Å². The van der Waals surface area contributed by atoms with Gasteiger partial charge in [0.05, 0.1) is 29.2 Å². The van der Waals surface area contributed by atoms with Gasteiger partial charge in [0.15, 0.2) is 0 Å². The molecular formula is C15H13FO4S. The van der Waals surface area contributed by atoms with Crippen molar-refractivity contribution in [2.45, 2.75) is 10.6 Å². The van der Waals surface area contributed by atoms with E-state index in [1.807, 2.05) is 0 Å². The Hall–Kier alpha value is -2.21. The third-order valence-corrected chi connectivity index (χ3v) is 4.26. The van der Waals surface area contributed by atoms with E-state index >= 15 is 0 Å². The maximum Gasteiger partial charge on any atom is 0.338 e. The van der Waals surface area contributed by atoms with Gasteiger partial charge in [0, 0.05) is 4.90 Å². The normalized spacial score (nSPS) is 11.9. The molecule has 0 saturated carbocycles. The molecule has 21 heavy (non-hydrogen) atoms. The molecule has 0 bridgehead atoms. The quantitative estimate of drug-likeness (QED) is 0.922. The van der Waals surface area contributed by atoms with Gasteiger partial charge >= 0.3 is 5.97 Å². The first-order valence-corrected chi connectivity index (χ1v) is 7.37. The molecule has 6 heteroatoms. The van der Waals surface area contributed by atoms with Gasteiger partial charge in [-0.05, 0) is 35.9 Å². The molecule has 0 saturated heterocycles. The lowest BCUT2D eigenvalue weighted by Crippen LogP contribution is -2.04. The van der Waals surface area contributed by atoms with Crippen molar-refractivity contribution in [2.24, 2.45) is 0 Å². The van der Waals surface area contributed by atoms with Gasteiger partial charge in [-0.1, -0.05) is 12.1 Å². The highest BCUT2D eigenvalue weighted by molar-refractivity contribution is 7.84. The van der Waals surface area contributed by atoms with Crippen LogP contribution in [-0.4, -0.2) is 22.4 Å². The van der Waals surface area contributed by atoms with E-state index in [2.05, 4.69) is 0 Å². The molecule has 1 unspecified atom stereocenters. The standard InChI is InChI=1S/C15H13FO4S/c1-20-11-4-2-10(3-5-11)9-21(19)12-6-7-14(16)13(8-12)15(17)18/h2-8H,9H2,1H3,(H,17,18). The molecule has 0 fully saturated rings. The molecule has 0 aliphatic carbocycles. The molecule has 1 N–H and O–H groups in total. The Kier molecular flexibility index (Phi) is 4.70. The Labute approximate surface area is 123 Å². The number of halogens is 1. The number of methoxy groups -OCH3 is 1. The Balaban J connectivity index is 2.19. The maximum absolute atomic E-state index is 13.3. The van der Waals surface area contributed by atoms with Crippen LogP contribution in [0.5, 0.6) is 5.75 Å². The minimum atomic E-state index is -1.45. The third kappa shape index (κ3) is 3.66. The highest BCUT2D eigenvalue weighted by Gasteiger charge is 2.14. The minimum Gasteiger partial charge on any atom is -0.497 e. The molecule has 2 aromatic rings. The van der Waals surface area contributed by atoms with E-state index < -0.39 is 28.1 Å². The molecule has 0 spiro atoms. The topological polar surface area (TPSA) is 63.6 Å². The first kappa shape index (κ1) is 15.2. The molecule has 110 valence electrons. The second kappa shape index (κ2) is 6.49. The number of hydrogen-bond donors (Lipinski definition) is 1. The van der Waals surface area contributed by atoms with Crippen molar-refractivity contribution in [3.63, 3.8) is 0 Å². The fourth-order valence-corrected chi connectivity index (χ4v) is 2.90. The number of ether oxygens (including phenoxy) is 1. The number of hydrogen-bond acceptors (Lipinski definition) is 3. The van der Waals surface area contributed by atoms with E-state index in [4.69, 9.17) is 9.84 Å². The SMILES string of the molecule is COc1ccc(CS(=O)c2ccc(F)c(C(=O)O)c2)cc1. The number of carbonyl (C=O) groups is 1. The highest BCUT2D eigenvalue weighted by atomic mass is 32.2. The predicted octanol–water partition coefficient (Wildman–Crippen LogP) is 2.84. The smallest absolute Gasteiger partial charge is 0.338 e. The third-order valence-electron chi connectivity index (χ3n) is 2.89. The van der Waals surface area contributed by atoms with Gasteiger partial charge in [-0.15, -0.1) is 0 Å². The number of rotatable bonds is 5. The lowest BCUT2D eigenvalue weighted by atomic mass is 10.2. The lowest BCUT2D eigenvalue weighted by molar-refractivity contribution is 0.0691. The minimum absolute atomic E-state index is 0.217. The van der Waals surface area contributed by atoms with E-state index in [0.29, 0.717) is 5.75 Å². The molecule has 0 radical (unpaired) electrons. The summed E-state index contributed by atoms with van der Waals surface area (Å²) in [5.74, 6) is -1.31. The molecule has 4 nitrogen and oxygen atoms in total. The second-order valence-electron chi connectivity index (χ2n) is 4.28. The van der Waals surface area contributed by atoms with Gasteiger partial charge in [0.2, 0.25) is 0 Å². The van der Waals surface area contributed by atoms with E-state index in [1.165, 1.54) is 6.07 Å². The molecule has 0 heterocycles. The van der Waals surface area contributed by atoms with Crippen LogP contribution in [0.3, 0.4) is 0 Å². The van der Waals surface area contributed by atoms with E-state index in [1.54, 1.807) is 31.4 Å². The second-order valence-corrected chi connectivity index (χ2v) is 5.74. The Morgan fingerprint density at radius 3 is 2.48 bits per heavy atom. The summed E-state index contributed by atoms with van der Waals surface area (Å²) in [6, 6.07) is 10.5. The van der Waals surface area contributed by atoms with Crippen LogP contribution < -0.4 is 4.74 Å². The molecule has 2 aromatic carbocycles. The summed E-state index contributed by atoms with van der Waals surface area (Å²) in [5.41, 5.74) is 0.339. The van der Waals surface area contributed by atoms with E-state index in [0.717, 1.165) is 17.7 Å². The molecule has 1 atom stereocenters. The lowest BCUT2D eigenvalue weighted by Gasteiger charge is -2.06. The zero-order valence-electron chi connectivity index (χ0n) is 11.2. The zero-order valence-corrected chi connectivity index (χ0v) is 12.0. The summed E-state index contributed by atoms with van der Waals surface area (Å²) < 4.78 is 30.6. The van der Waals surface area contributed by atoms with Crippen LogP contribution in [0, 0.1) is 5.82 Å². The van der Waals surface area contributed by atoms with E-state index in [9.17, 15) is 13.4 Å². The average Bonchev–Trinajstić information content (AvgIpc) is 2.48. The van der Waals surface area contributed by atoms with Crippen molar-refractivity contribution in [3.8, 4) is 5.75 Å². The Bertz CT molecular complexity index is 683. The van der Waals surface area contributed by atoms with Crippen LogP contribution in [0.15, 0.2) is 47.4 Å². The molecule has 0 aliphatic rings. The van der Waals surface area contributed by atoms with Crippen LogP contribution in [0.2, 0.25) is 0 Å². The molecule has 0 amide bonds. The summed E-state index contributed by atoms with van der Waals surface area (Å²) >= 11 is 0. The van der Waals surface area contributed by atoms with Crippen LogP contribution in [0.25, 0.3) is 0 Å². The Morgan fingerprint density at radius 2 is 1.90 bits per heavy atom. The number of benzene rings is 2.